The van der Waals surface area contributed by atoms with Gasteiger partial charge >= 0.3 is 0 Å². The Balaban J connectivity index is 1.51. The number of amidine groups is 1. The molecule has 2 heterocycles. The Kier molecular flexibility index (Phi) is 5.95. The van der Waals surface area contributed by atoms with Gasteiger partial charge in [0.05, 0.1) is 5.36 Å². The summed E-state index contributed by atoms with van der Waals surface area (Å²) in [5.41, 5.74) is 2.58. The van der Waals surface area contributed by atoms with Crippen molar-refractivity contribution in [3.8, 4) is 5.75 Å². The van der Waals surface area contributed by atoms with Crippen molar-refractivity contribution in [1.29, 1.82) is 0 Å². The summed E-state index contributed by atoms with van der Waals surface area (Å²) in [6, 6.07) is 25.5. The molecule has 6 nitrogen and oxygen atoms in total. The quantitative estimate of drug-likeness (QED) is 0.581. The highest BCUT2D eigenvalue weighted by atomic mass is 32.2. The number of thioether (sulfide) groups is 1. The minimum absolute atomic E-state index is 0.182. The van der Waals surface area contributed by atoms with Crippen LogP contribution in [0.4, 0.5) is 0 Å². The van der Waals surface area contributed by atoms with Crippen molar-refractivity contribution in [2.24, 2.45) is 10.1 Å². The van der Waals surface area contributed by atoms with Crippen LogP contribution in [-0.4, -0.2) is 22.7 Å². The molecule has 0 aromatic heterocycles. The van der Waals surface area contributed by atoms with Crippen LogP contribution < -0.4 is 20.6 Å². The number of nitrogens with zero attached hydrogens (tertiary/aromatic N) is 3. The molecule has 5 rings (SSSR count). The Hall–Kier alpha value is -3.84. The first-order valence-corrected chi connectivity index (χ1v) is 11.6. The number of amides is 1. The van der Waals surface area contributed by atoms with Gasteiger partial charge in [0.2, 0.25) is 0 Å². The lowest BCUT2D eigenvalue weighted by Gasteiger charge is -2.34. The molecule has 1 N–H and O–H groups in total. The Morgan fingerprint density at radius 1 is 1.03 bits per heavy atom. The van der Waals surface area contributed by atoms with E-state index in [4.69, 9.17) is 14.8 Å². The fourth-order valence-corrected chi connectivity index (χ4v) is 4.53. The van der Waals surface area contributed by atoms with Crippen LogP contribution in [0.15, 0.2) is 102 Å². The fraction of sp³-hybridized carbons (Fsp3) is 0.115. The molecule has 2 aliphatic heterocycles. The van der Waals surface area contributed by atoms with Crippen LogP contribution in [0.1, 0.15) is 17.3 Å². The third-order valence-corrected chi connectivity index (χ3v) is 6.21. The zero-order valence-corrected chi connectivity index (χ0v) is 18.7. The van der Waals surface area contributed by atoms with Crippen LogP contribution in [-0.2, 0) is 10.5 Å². The van der Waals surface area contributed by atoms with Crippen molar-refractivity contribution < 1.29 is 9.53 Å². The number of para-hydroxylation sites is 1. The van der Waals surface area contributed by atoms with Gasteiger partial charge in [-0.25, -0.2) is 5.01 Å². The number of nitrogens with one attached hydrogen (secondary N) is 1. The maximum atomic E-state index is 13.2. The molecule has 3 aromatic rings. The molecular weight excluding hydrogens is 432 g/mol. The van der Waals surface area contributed by atoms with Crippen molar-refractivity contribution in [2.45, 2.75) is 11.9 Å². The van der Waals surface area contributed by atoms with Gasteiger partial charge in [0, 0.05) is 11.0 Å². The van der Waals surface area contributed by atoms with E-state index in [0.717, 1.165) is 27.5 Å². The number of hydrazone groups is 1. The molecule has 0 radical (unpaired) electrons. The average molecular weight is 455 g/mol. The van der Waals surface area contributed by atoms with E-state index < -0.39 is 6.17 Å². The summed E-state index contributed by atoms with van der Waals surface area (Å²) >= 11 is 1.49. The number of ether oxygens (including phenoxy) is 1. The SMILES string of the molecule is C=CCOc1ccc(C2N=c3ccccc3=C3C(=O)NC(SCc4ccccc4)=NN32)cc1. The third-order valence-electron chi connectivity index (χ3n) is 5.28. The normalized spacial score (nSPS) is 16.7. The minimum Gasteiger partial charge on any atom is -0.490 e. The topological polar surface area (TPSA) is 66.3 Å². The van der Waals surface area contributed by atoms with Crippen LogP contribution in [0.2, 0.25) is 0 Å². The molecule has 0 aliphatic carbocycles. The largest absolute Gasteiger partial charge is 0.490 e. The van der Waals surface area contributed by atoms with Gasteiger partial charge in [-0.15, -0.1) is 5.10 Å². The van der Waals surface area contributed by atoms with Crippen molar-refractivity contribution >= 4 is 28.5 Å². The number of carbonyl (C=O) groups excluding carboxylic acids is 1. The van der Waals surface area contributed by atoms with Crippen molar-refractivity contribution in [3.63, 3.8) is 0 Å². The summed E-state index contributed by atoms with van der Waals surface area (Å²) in [5, 5.41) is 11.6. The first-order chi connectivity index (χ1) is 16.2. The summed E-state index contributed by atoms with van der Waals surface area (Å²) in [7, 11) is 0. The summed E-state index contributed by atoms with van der Waals surface area (Å²) in [6.45, 7) is 4.12. The molecule has 33 heavy (non-hydrogen) atoms. The lowest BCUT2D eigenvalue weighted by molar-refractivity contribution is -0.116. The molecule has 0 bridgehead atoms. The van der Waals surface area contributed by atoms with E-state index in [1.54, 1.807) is 11.1 Å². The molecule has 7 heteroatoms. The van der Waals surface area contributed by atoms with Crippen LogP contribution in [0.3, 0.4) is 0 Å². The van der Waals surface area contributed by atoms with Gasteiger partial charge in [-0.2, -0.15) is 0 Å². The highest BCUT2D eigenvalue weighted by Crippen LogP contribution is 2.32. The van der Waals surface area contributed by atoms with Crippen LogP contribution >= 0.6 is 11.8 Å². The first-order valence-electron chi connectivity index (χ1n) is 10.6. The summed E-state index contributed by atoms with van der Waals surface area (Å²) in [4.78, 5) is 18.1. The van der Waals surface area contributed by atoms with Gasteiger partial charge in [0.25, 0.3) is 5.91 Å². The monoisotopic (exact) mass is 454 g/mol. The molecule has 0 saturated heterocycles. The fourth-order valence-electron chi connectivity index (χ4n) is 3.73. The number of hydrogen-bond donors (Lipinski definition) is 1. The molecule has 0 saturated carbocycles. The lowest BCUT2D eigenvalue weighted by Crippen LogP contribution is -2.50. The van der Waals surface area contributed by atoms with Gasteiger partial charge in [-0.1, -0.05) is 85.1 Å². The van der Waals surface area contributed by atoms with Gasteiger partial charge in [0.1, 0.15) is 18.1 Å². The molecule has 0 fully saturated rings. The van der Waals surface area contributed by atoms with Gasteiger partial charge in [-0.3, -0.25) is 15.1 Å². The van der Waals surface area contributed by atoms with E-state index >= 15 is 0 Å². The van der Waals surface area contributed by atoms with Crippen LogP contribution in [0.25, 0.3) is 5.70 Å². The molecule has 1 amide bonds. The summed E-state index contributed by atoms with van der Waals surface area (Å²) in [5.74, 6) is 1.27. The Morgan fingerprint density at radius 3 is 2.58 bits per heavy atom. The second-order valence-electron chi connectivity index (χ2n) is 7.52. The molecule has 1 atom stereocenters. The number of carbonyl (C=O) groups is 1. The standard InChI is InChI=1S/C26H22N4O2S/c1-2-16-32-20-14-12-19(13-15-20)24-27-22-11-7-6-10-21(22)23-25(31)28-26(29-30(23)24)33-17-18-8-4-3-5-9-18/h2-15,24H,1,16-17H2,(H,28,29,31). The van der Waals surface area contributed by atoms with E-state index in [1.165, 1.54) is 11.8 Å². The van der Waals surface area contributed by atoms with Gasteiger partial charge in [-0.05, 0) is 29.3 Å². The summed E-state index contributed by atoms with van der Waals surface area (Å²) in [6.07, 6.45) is 1.25. The minimum atomic E-state index is -0.457. The molecule has 164 valence electrons. The van der Waals surface area contributed by atoms with Crippen molar-refractivity contribution in [2.75, 3.05) is 6.61 Å². The summed E-state index contributed by atoms with van der Waals surface area (Å²) < 4.78 is 5.61. The Morgan fingerprint density at radius 2 is 1.79 bits per heavy atom. The maximum Gasteiger partial charge on any atom is 0.276 e. The van der Waals surface area contributed by atoms with Gasteiger partial charge < -0.3 is 4.74 Å². The number of fused-ring (bicyclic) bond motifs is 2. The van der Waals surface area contributed by atoms with Crippen LogP contribution in [0.5, 0.6) is 5.75 Å². The highest BCUT2D eigenvalue weighted by Gasteiger charge is 2.34. The van der Waals surface area contributed by atoms with E-state index in [0.29, 0.717) is 23.2 Å². The lowest BCUT2D eigenvalue weighted by atomic mass is 10.1. The van der Waals surface area contributed by atoms with Gasteiger partial charge in [0.15, 0.2) is 11.3 Å². The Labute approximate surface area is 196 Å². The van der Waals surface area contributed by atoms with E-state index in [1.807, 2.05) is 66.7 Å². The number of hydrogen-bond acceptors (Lipinski definition) is 6. The molecular formula is C26H22N4O2S. The van der Waals surface area contributed by atoms with E-state index in [9.17, 15) is 4.79 Å². The molecule has 3 aromatic carbocycles. The smallest absolute Gasteiger partial charge is 0.276 e. The number of benzene rings is 3. The maximum absolute atomic E-state index is 13.2. The predicted molar refractivity (Wildman–Crippen MR) is 131 cm³/mol. The Bertz CT molecular complexity index is 1340. The molecule has 2 aliphatic rings. The first kappa shape index (κ1) is 21.0. The van der Waals surface area contributed by atoms with Crippen molar-refractivity contribution in [1.82, 2.24) is 10.3 Å². The third kappa shape index (κ3) is 4.40. The molecule has 1 unspecified atom stereocenters. The zero-order chi connectivity index (χ0) is 22.6. The predicted octanol–water partition coefficient (Wildman–Crippen LogP) is 3.33. The van der Waals surface area contributed by atoms with Crippen LogP contribution in [0, 0.1) is 0 Å². The van der Waals surface area contributed by atoms with Crippen molar-refractivity contribution in [3.05, 3.63) is 113 Å². The number of rotatable bonds is 6. The zero-order valence-electron chi connectivity index (χ0n) is 17.8. The average Bonchev–Trinajstić information content (AvgIpc) is 2.86. The second-order valence-corrected chi connectivity index (χ2v) is 8.48. The highest BCUT2D eigenvalue weighted by molar-refractivity contribution is 8.13. The molecule has 0 spiro atoms. The van der Waals surface area contributed by atoms with E-state index in [-0.39, 0.29) is 5.91 Å². The van der Waals surface area contributed by atoms with E-state index in [2.05, 4.69) is 24.0 Å². The second kappa shape index (κ2) is 9.34.